The van der Waals surface area contributed by atoms with Crippen LogP contribution >= 0.6 is 12.2 Å². The number of aromatic nitrogens is 4. The quantitative estimate of drug-likeness (QED) is 0.613. The zero-order valence-corrected chi connectivity index (χ0v) is 11.5. The van der Waals surface area contributed by atoms with Crippen LogP contribution in [0, 0.1) is 4.64 Å². The fraction of sp³-hybridized carbons (Fsp3) is 0.333. The van der Waals surface area contributed by atoms with Gasteiger partial charge >= 0.3 is 10.2 Å². The average molecular weight is 317 g/mol. The molecule has 1 unspecified atom stereocenters. The molecule has 0 aromatic carbocycles. The number of H-pyrrole nitrogens is 2. The molecule has 3 rings (SSSR count). The van der Waals surface area contributed by atoms with E-state index in [0.29, 0.717) is 11.2 Å². The molecule has 1 atom stereocenters. The van der Waals surface area contributed by atoms with Crippen LogP contribution in [0.25, 0.3) is 11.2 Å². The van der Waals surface area contributed by atoms with Crippen molar-refractivity contribution in [3.63, 3.8) is 0 Å². The Morgan fingerprint density at radius 2 is 2.25 bits per heavy atom. The zero-order chi connectivity index (χ0) is 14.5. The average Bonchev–Trinajstić information content (AvgIpc) is 2.94. The van der Waals surface area contributed by atoms with Crippen LogP contribution in [0.4, 0.5) is 9.83 Å². The first kappa shape index (κ1) is 13.1. The topological polar surface area (TPSA) is 112 Å². The molecule has 1 amide bonds. The normalized spacial score (nSPS) is 19.9. The molecule has 2 aromatic rings. The molecule has 106 valence electrons. The van der Waals surface area contributed by atoms with Crippen molar-refractivity contribution in [1.29, 1.82) is 0 Å². The van der Waals surface area contributed by atoms with Crippen molar-refractivity contribution in [1.82, 2.24) is 19.9 Å². The summed E-state index contributed by atoms with van der Waals surface area (Å²) in [7, 11) is -4.77. The van der Waals surface area contributed by atoms with Crippen LogP contribution in [0.15, 0.2) is 6.33 Å². The van der Waals surface area contributed by atoms with Gasteiger partial charge in [0.1, 0.15) is 10.8 Å². The van der Waals surface area contributed by atoms with Gasteiger partial charge in [-0.1, -0.05) is 12.2 Å². The number of rotatable bonds is 2. The number of anilines is 1. The van der Waals surface area contributed by atoms with E-state index in [-0.39, 0.29) is 17.1 Å². The fourth-order valence-electron chi connectivity index (χ4n) is 2.03. The van der Waals surface area contributed by atoms with Gasteiger partial charge in [-0.15, -0.1) is 3.89 Å². The number of hydrogen-bond donors (Lipinski definition) is 2. The Labute approximate surface area is 117 Å². The number of carbonyl (C=O) groups is 1. The number of halogens is 1. The van der Waals surface area contributed by atoms with Crippen molar-refractivity contribution >= 4 is 45.5 Å². The van der Waals surface area contributed by atoms with E-state index in [1.807, 2.05) is 0 Å². The fourth-order valence-corrected chi connectivity index (χ4v) is 2.94. The molecule has 0 bridgehead atoms. The van der Waals surface area contributed by atoms with Gasteiger partial charge in [0, 0.05) is 13.0 Å². The van der Waals surface area contributed by atoms with Gasteiger partial charge in [-0.2, -0.15) is 8.42 Å². The number of hydrogen-bond acceptors (Lipinski definition) is 6. The van der Waals surface area contributed by atoms with Gasteiger partial charge in [-0.05, 0) is 0 Å². The number of amides is 1. The largest absolute Gasteiger partial charge is 0.341 e. The zero-order valence-electron chi connectivity index (χ0n) is 9.83. The second-order valence-electron chi connectivity index (χ2n) is 4.30. The predicted molar refractivity (Wildman–Crippen MR) is 69.9 cm³/mol. The minimum Gasteiger partial charge on any atom is -0.341 e. The second kappa shape index (κ2) is 4.31. The molecule has 20 heavy (non-hydrogen) atoms. The summed E-state index contributed by atoms with van der Waals surface area (Å²) in [5, 5.41) is -1.38. The van der Waals surface area contributed by atoms with Crippen molar-refractivity contribution in [2.45, 2.75) is 11.7 Å². The van der Waals surface area contributed by atoms with E-state index in [9.17, 15) is 17.1 Å². The summed E-state index contributed by atoms with van der Waals surface area (Å²) in [5.74, 6) is -0.477. The minimum absolute atomic E-state index is 0.0609. The maximum Gasteiger partial charge on any atom is 0.307 e. The number of fused-ring (bicyclic) bond motifs is 1. The molecule has 1 fully saturated rings. The smallest absolute Gasteiger partial charge is 0.307 e. The highest BCUT2D eigenvalue weighted by atomic mass is 32.3. The maximum absolute atomic E-state index is 13.0. The minimum atomic E-state index is -4.77. The van der Waals surface area contributed by atoms with E-state index in [1.165, 1.54) is 6.33 Å². The SMILES string of the molecule is O=C1CC(S(=O)(=O)F)CN1c1nc(=S)c2[nH]cnc2[nH]1. The number of carbonyl (C=O) groups excluding carboxylic acids is 1. The summed E-state index contributed by atoms with van der Waals surface area (Å²) in [6.07, 6.45) is 0.989. The van der Waals surface area contributed by atoms with E-state index < -0.39 is 27.8 Å². The monoisotopic (exact) mass is 317 g/mol. The Kier molecular flexibility index (Phi) is 2.83. The third kappa shape index (κ3) is 2.08. The molecule has 1 saturated heterocycles. The van der Waals surface area contributed by atoms with Gasteiger partial charge in [0.25, 0.3) is 0 Å². The van der Waals surface area contributed by atoms with Crippen molar-refractivity contribution in [2.75, 3.05) is 11.4 Å². The summed E-state index contributed by atoms with van der Waals surface area (Å²) in [4.78, 5) is 26.3. The molecule has 0 spiro atoms. The summed E-state index contributed by atoms with van der Waals surface area (Å²) >= 11 is 5.04. The summed E-state index contributed by atoms with van der Waals surface area (Å²) < 4.78 is 34.9. The first-order valence-electron chi connectivity index (χ1n) is 5.53. The highest BCUT2D eigenvalue weighted by Gasteiger charge is 2.40. The van der Waals surface area contributed by atoms with Gasteiger partial charge in [0.15, 0.2) is 10.3 Å². The molecule has 0 saturated carbocycles. The van der Waals surface area contributed by atoms with Gasteiger partial charge in [0.2, 0.25) is 11.9 Å². The van der Waals surface area contributed by atoms with Crippen LogP contribution < -0.4 is 4.90 Å². The van der Waals surface area contributed by atoms with Crippen LogP contribution in [0.2, 0.25) is 0 Å². The van der Waals surface area contributed by atoms with Crippen molar-refractivity contribution in [3.8, 4) is 0 Å². The molecule has 1 aliphatic heterocycles. The first-order valence-corrected chi connectivity index (χ1v) is 7.39. The molecule has 1 aliphatic rings. The van der Waals surface area contributed by atoms with Gasteiger partial charge < -0.3 is 9.97 Å². The molecule has 8 nitrogen and oxygen atoms in total. The van der Waals surface area contributed by atoms with Crippen molar-refractivity contribution in [3.05, 3.63) is 11.0 Å². The molecular weight excluding hydrogens is 309 g/mol. The molecular formula is C9H8FN5O3S2. The first-order chi connectivity index (χ1) is 9.36. The molecule has 2 aromatic heterocycles. The number of nitrogens with zero attached hydrogens (tertiary/aromatic N) is 3. The lowest BCUT2D eigenvalue weighted by atomic mass is 10.4. The highest BCUT2D eigenvalue weighted by Crippen LogP contribution is 2.24. The van der Waals surface area contributed by atoms with Crippen molar-refractivity contribution < 1.29 is 17.1 Å². The summed E-state index contributed by atoms with van der Waals surface area (Å²) in [6.45, 7) is -0.300. The Morgan fingerprint density at radius 1 is 1.50 bits per heavy atom. The molecule has 11 heteroatoms. The summed E-state index contributed by atoms with van der Waals surface area (Å²) in [5.41, 5.74) is 0.893. The van der Waals surface area contributed by atoms with Gasteiger partial charge in [-0.25, -0.2) is 9.97 Å². The molecule has 0 radical (unpaired) electrons. The standard InChI is InChI=1S/C9H8FN5O3S2/c10-20(17,18)4-1-5(16)15(2-4)9-13-7-6(8(19)14-9)11-3-12-7/h3-4H,1-2H2,(H2,11,12,13,14,19). The third-order valence-electron chi connectivity index (χ3n) is 3.03. The summed E-state index contributed by atoms with van der Waals surface area (Å²) in [6, 6.07) is 0. The molecule has 0 aliphatic carbocycles. The molecule has 3 heterocycles. The lowest BCUT2D eigenvalue weighted by molar-refractivity contribution is -0.117. The predicted octanol–water partition coefficient (Wildman–Crippen LogP) is 0.420. The van der Waals surface area contributed by atoms with Crippen LogP contribution in [-0.2, 0) is 15.0 Å². The van der Waals surface area contributed by atoms with E-state index in [0.717, 1.165) is 4.90 Å². The van der Waals surface area contributed by atoms with E-state index >= 15 is 0 Å². The molecule has 2 N–H and O–H groups in total. The number of nitrogens with one attached hydrogen (secondary N) is 2. The maximum atomic E-state index is 13.0. The van der Waals surface area contributed by atoms with Gasteiger partial charge in [0.05, 0.1) is 6.33 Å². The number of imidazole rings is 1. The Hall–Kier alpha value is -1.88. The lowest BCUT2D eigenvalue weighted by Gasteiger charge is -2.14. The Bertz CT molecular complexity index is 858. The van der Waals surface area contributed by atoms with Gasteiger partial charge in [-0.3, -0.25) is 9.69 Å². The van der Waals surface area contributed by atoms with Crippen LogP contribution in [0.5, 0.6) is 0 Å². The van der Waals surface area contributed by atoms with Crippen LogP contribution in [0.1, 0.15) is 6.42 Å². The van der Waals surface area contributed by atoms with E-state index in [1.54, 1.807) is 0 Å². The third-order valence-corrected chi connectivity index (χ3v) is 4.44. The van der Waals surface area contributed by atoms with E-state index in [4.69, 9.17) is 12.2 Å². The highest BCUT2D eigenvalue weighted by molar-refractivity contribution is 7.87. The lowest BCUT2D eigenvalue weighted by Crippen LogP contribution is -2.28. The second-order valence-corrected chi connectivity index (χ2v) is 6.30. The Morgan fingerprint density at radius 3 is 2.90 bits per heavy atom. The van der Waals surface area contributed by atoms with Crippen LogP contribution in [-0.4, -0.2) is 46.1 Å². The van der Waals surface area contributed by atoms with Crippen LogP contribution in [0.3, 0.4) is 0 Å². The Balaban J connectivity index is 2.03. The van der Waals surface area contributed by atoms with E-state index in [2.05, 4.69) is 19.9 Å². The van der Waals surface area contributed by atoms with Crippen molar-refractivity contribution in [2.24, 2.45) is 0 Å². The number of aromatic amines is 2.